The lowest BCUT2D eigenvalue weighted by molar-refractivity contribution is -0.734. The molecule has 0 saturated heterocycles. The van der Waals surface area contributed by atoms with Crippen LogP contribution >= 0.6 is 11.3 Å². The van der Waals surface area contributed by atoms with Crippen LogP contribution in [0.1, 0.15) is 60.6 Å². The number of nitrogens with two attached hydrogens (primary N) is 1. The number of H-pyrrole nitrogens is 1. The average Bonchev–Trinajstić information content (AvgIpc) is 3.06. The van der Waals surface area contributed by atoms with Crippen LogP contribution in [0.2, 0.25) is 0 Å². The zero-order chi connectivity index (χ0) is 19.3. The molecule has 28 heavy (non-hydrogen) atoms. The third-order valence-electron chi connectivity index (χ3n) is 6.14. The van der Waals surface area contributed by atoms with Crippen LogP contribution in [0.15, 0.2) is 29.1 Å². The van der Waals surface area contributed by atoms with E-state index in [0.29, 0.717) is 12.0 Å². The maximum Gasteiger partial charge on any atom is 0.260 e. The van der Waals surface area contributed by atoms with E-state index in [1.807, 2.05) is 12.1 Å². The molecule has 0 unspecified atom stereocenters. The average molecular weight is 397 g/mol. The van der Waals surface area contributed by atoms with Crippen molar-refractivity contribution in [2.75, 3.05) is 6.61 Å². The van der Waals surface area contributed by atoms with Gasteiger partial charge in [-0.25, -0.2) is 4.98 Å². The predicted octanol–water partition coefficient (Wildman–Crippen LogP) is 3.26. The smallest absolute Gasteiger partial charge is 0.260 e. The van der Waals surface area contributed by atoms with Crippen molar-refractivity contribution in [3.63, 3.8) is 0 Å². The Kier molecular flexibility index (Phi) is 4.48. The molecule has 6 heteroatoms. The molecule has 5 rings (SSSR count). The molecule has 1 aliphatic carbocycles. The van der Waals surface area contributed by atoms with Crippen LogP contribution in [-0.4, -0.2) is 16.6 Å². The molecule has 0 radical (unpaired) electrons. The predicted molar refractivity (Wildman–Crippen MR) is 111 cm³/mol. The maximum absolute atomic E-state index is 12.9. The van der Waals surface area contributed by atoms with Crippen molar-refractivity contribution in [1.82, 2.24) is 9.97 Å². The first-order valence-corrected chi connectivity index (χ1v) is 11.0. The number of benzene rings is 1. The molecule has 3 heterocycles. The fraction of sp³-hybridized carbons (Fsp3) is 0.455. The summed E-state index contributed by atoms with van der Waals surface area (Å²) in [5, 5.41) is 3.14. The quantitative estimate of drug-likeness (QED) is 0.714. The number of nitrogens with one attached hydrogen (secondary N) is 1. The molecule has 2 aliphatic rings. The minimum Gasteiger partial charge on any atom is -0.493 e. The summed E-state index contributed by atoms with van der Waals surface area (Å²) in [6.45, 7) is 5.14. The first-order valence-electron chi connectivity index (χ1n) is 10.2. The fourth-order valence-corrected chi connectivity index (χ4v) is 5.98. The van der Waals surface area contributed by atoms with Gasteiger partial charge in [0.2, 0.25) is 0 Å². The van der Waals surface area contributed by atoms with Gasteiger partial charge in [0.1, 0.15) is 22.7 Å². The molecule has 146 valence electrons. The van der Waals surface area contributed by atoms with E-state index < -0.39 is 0 Å². The topological polar surface area (TPSA) is 71.6 Å². The Labute approximate surface area is 168 Å². The Morgan fingerprint density at radius 1 is 1.32 bits per heavy atom. The summed E-state index contributed by atoms with van der Waals surface area (Å²) < 4.78 is 5.78. The number of fused-ring (bicyclic) bond motifs is 4. The van der Waals surface area contributed by atoms with E-state index in [0.717, 1.165) is 54.1 Å². The Bertz CT molecular complexity index is 1090. The van der Waals surface area contributed by atoms with Crippen LogP contribution in [0.5, 0.6) is 5.75 Å². The zero-order valence-corrected chi connectivity index (χ0v) is 17.1. The molecule has 1 aromatic carbocycles. The van der Waals surface area contributed by atoms with Crippen LogP contribution in [0.4, 0.5) is 0 Å². The molecule has 2 aromatic heterocycles. The minimum atomic E-state index is 0.0275. The van der Waals surface area contributed by atoms with Gasteiger partial charge in [0.05, 0.1) is 17.6 Å². The number of hydrogen-bond donors (Lipinski definition) is 2. The highest BCUT2D eigenvalue weighted by atomic mass is 32.1. The molecule has 0 saturated carbocycles. The second kappa shape index (κ2) is 7.01. The Morgan fingerprint density at radius 2 is 2.18 bits per heavy atom. The number of aromatic nitrogens is 2. The lowest BCUT2D eigenvalue weighted by Gasteiger charge is -2.26. The number of rotatable bonds is 3. The van der Waals surface area contributed by atoms with Crippen LogP contribution in [0.3, 0.4) is 0 Å². The molecule has 1 aliphatic heterocycles. The van der Waals surface area contributed by atoms with Gasteiger partial charge < -0.3 is 15.0 Å². The largest absolute Gasteiger partial charge is 0.493 e. The summed E-state index contributed by atoms with van der Waals surface area (Å²) in [7, 11) is 0. The highest BCUT2D eigenvalue weighted by Crippen LogP contribution is 2.36. The van der Waals surface area contributed by atoms with Crippen LogP contribution in [-0.2, 0) is 12.8 Å². The van der Waals surface area contributed by atoms with E-state index >= 15 is 0 Å². The van der Waals surface area contributed by atoms with Gasteiger partial charge in [-0.15, -0.1) is 11.3 Å². The first kappa shape index (κ1) is 17.9. The highest BCUT2D eigenvalue weighted by molar-refractivity contribution is 7.18. The Morgan fingerprint density at radius 3 is 3.07 bits per heavy atom. The van der Waals surface area contributed by atoms with Crippen LogP contribution in [0, 0.1) is 5.92 Å². The number of quaternary nitrogens is 1. The summed E-state index contributed by atoms with van der Waals surface area (Å²) in [5.74, 6) is 2.44. The lowest BCUT2D eigenvalue weighted by Crippen LogP contribution is -2.86. The summed E-state index contributed by atoms with van der Waals surface area (Å²) in [5.41, 5.74) is 2.50. The van der Waals surface area contributed by atoms with Gasteiger partial charge in [0.25, 0.3) is 5.56 Å². The van der Waals surface area contributed by atoms with Gasteiger partial charge in [0, 0.05) is 11.3 Å². The number of ether oxygens (including phenoxy) is 1. The van der Waals surface area contributed by atoms with Gasteiger partial charge in [-0.1, -0.05) is 19.1 Å². The third kappa shape index (κ3) is 3.05. The Hall–Kier alpha value is -2.18. The second-order valence-corrected chi connectivity index (χ2v) is 9.33. The van der Waals surface area contributed by atoms with Crippen molar-refractivity contribution < 1.29 is 10.1 Å². The number of aryl methyl sites for hydroxylation is 1. The van der Waals surface area contributed by atoms with Crippen molar-refractivity contribution >= 4 is 21.6 Å². The first-order chi connectivity index (χ1) is 13.6. The summed E-state index contributed by atoms with van der Waals surface area (Å²) >= 11 is 1.72. The summed E-state index contributed by atoms with van der Waals surface area (Å²) in [6, 6.07) is 8.63. The lowest BCUT2D eigenvalue weighted by atomic mass is 9.89. The molecule has 0 fully saturated rings. The second-order valence-electron chi connectivity index (χ2n) is 8.25. The monoisotopic (exact) mass is 396 g/mol. The summed E-state index contributed by atoms with van der Waals surface area (Å²) in [4.78, 5) is 23.1. The molecule has 0 bridgehead atoms. The number of thiophene rings is 1. The van der Waals surface area contributed by atoms with Gasteiger partial charge >= 0.3 is 0 Å². The number of para-hydroxylation sites is 1. The van der Waals surface area contributed by atoms with E-state index in [9.17, 15) is 4.79 Å². The van der Waals surface area contributed by atoms with Crippen molar-refractivity contribution in [2.24, 2.45) is 5.92 Å². The standard InChI is InChI=1S/C22H25N3O2S/c1-12-7-8-15-18(11-12)28-22-19(15)21(26)24-20(25-22)13(2)23-16-9-10-27-17-6-4-3-5-14(16)17/h3-6,12-13,16,23H,7-11H2,1-2H3,(H,24,25,26)/p+1/t12-,13-,16-/m1/s1. The van der Waals surface area contributed by atoms with Crippen molar-refractivity contribution in [1.29, 1.82) is 0 Å². The normalized spacial score (nSPS) is 22.4. The minimum absolute atomic E-state index is 0.0275. The number of hydrogen-bond acceptors (Lipinski definition) is 4. The number of nitrogens with zero attached hydrogens (tertiary/aromatic N) is 1. The molecule has 3 N–H and O–H groups in total. The Balaban J connectivity index is 1.46. The van der Waals surface area contributed by atoms with E-state index in [1.54, 1.807) is 11.3 Å². The summed E-state index contributed by atoms with van der Waals surface area (Å²) in [6.07, 6.45) is 4.19. The molecule has 0 spiro atoms. The van der Waals surface area contributed by atoms with E-state index in [1.165, 1.54) is 16.0 Å². The molecule has 3 atom stereocenters. The number of aromatic amines is 1. The van der Waals surface area contributed by atoms with Crippen LogP contribution < -0.4 is 15.6 Å². The molecule has 5 nitrogen and oxygen atoms in total. The third-order valence-corrected chi connectivity index (χ3v) is 7.29. The maximum atomic E-state index is 12.9. The van der Waals surface area contributed by atoms with E-state index in [-0.39, 0.29) is 11.6 Å². The van der Waals surface area contributed by atoms with Crippen molar-refractivity contribution in [3.05, 3.63) is 56.4 Å². The zero-order valence-electron chi connectivity index (χ0n) is 16.3. The fourth-order valence-electron chi connectivity index (χ4n) is 4.59. The highest BCUT2D eigenvalue weighted by Gasteiger charge is 2.28. The van der Waals surface area contributed by atoms with Crippen LogP contribution in [0.25, 0.3) is 10.2 Å². The molecular formula is C22H26N3O2S+. The van der Waals surface area contributed by atoms with Crippen molar-refractivity contribution in [2.45, 2.75) is 51.6 Å². The molecular weight excluding hydrogens is 370 g/mol. The molecule has 0 amide bonds. The molecule has 3 aromatic rings. The van der Waals surface area contributed by atoms with Crippen molar-refractivity contribution in [3.8, 4) is 5.75 Å². The van der Waals surface area contributed by atoms with Gasteiger partial charge in [-0.05, 0) is 49.8 Å². The SMILES string of the molecule is C[C@@H]1CCc2c(sc3nc([C@@H](C)[NH2+][C@@H]4CCOc5ccccc54)[nH]c(=O)c23)C1. The van der Waals surface area contributed by atoms with Gasteiger partial charge in [-0.3, -0.25) is 4.79 Å². The van der Waals surface area contributed by atoms with E-state index in [4.69, 9.17) is 9.72 Å². The van der Waals surface area contributed by atoms with E-state index in [2.05, 4.69) is 36.3 Å². The van der Waals surface area contributed by atoms with Gasteiger partial charge in [0.15, 0.2) is 5.82 Å². The van der Waals surface area contributed by atoms with Gasteiger partial charge in [-0.2, -0.15) is 0 Å².